The molecular weight excluding hydrogens is 148 g/mol. The lowest BCUT2D eigenvalue weighted by Gasteiger charge is -2.05. The van der Waals surface area contributed by atoms with Crippen molar-refractivity contribution in [3.8, 4) is 0 Å². The molecule has 0 spiro atoms. The summed E-state index contributed by atoms with van der Waals surface area (Å²) >= 11 is 1.43. The molecule has 0 fully saturated rings. The monoisotopic (exact) mass is 158 g/mol. The Kier molecular flexibility index (Phi) is 1.87. The number of nitrogens with two attached hydrogens (primary N) is 1. The summed E-state index contributed by atoms with van der Waals surface area (Å²) in [6.07, 6.45) is 0. The fourth-order valence-electron chi connectivity index (χ4n) is 0.766. The predicted octanol–water partition coefficient (Wildman–Crippen LogP) is 0.252. The zero-order valence-corrected chi connectivity index (χ0v) is 6.75. The second-order valence-electron chi connectivity index (χ2n) is 2.07. The molecule has 0 aromatic carbocycles. The molecule has 10 heavy (non-hydrogen) atoms. The van der Waals surface area contributed by atoms with Gasteiger partial charge in [-0.1, -0.05) is 0 Å². The number of nitrogens with one attached hydrogen (secondary N) is 2. The zero-order valence-electron chi connectivity index (χ0n) is 5.93. The summed E-state index contributed by atoms with van der Waals surface area (Å²) in [6.45, 7) is 1.90. The normalized spacial score (nSPS) is 19.4. The SMILES string of the molecule is CC1=C(C(=N)N)SN(C)N1. The van der Waals surface area contributed by atoms with E-state index < -0.39 is 0 Å². The number of rotatable bonds is 1. The maximum atomic E-state index is 7.14. The Morgan fingerprint density at radius 3 is 2.60 bits per heavy atom. The van der Waals surface area contributed by atoms with Crippen molar-refractivity contribution in [2.24, 2.45) is 5.73 Å². The van der Waals surface area contributed by atoms with E-state index >= 15 is 0 Å². The Balaban J connectivity index is 2.76. The van der Waals surface area contributed by atoms with Gasteiger partial charge in [-0.15, -0.1) is 0 Å². The molecule has 1 aliphatic heterocycles. The molecule has 0 aromatic rings. The number of hydrogen-bond acceptors (Lipinski definition) is 4. The van der Waals surface area contributed by atoms with E-state index in [4.69, 9.17) is 11.1 Å². The van der Waals surface area contributed by atoms with Crippen LogP contribution in [0.4, 0.5) is 0 Å². The minimum Gasteiger partial charge on any atom is -0.383 e. The van der Waals surface area contributed by atoms with Crippen LogP contribution in [-0.2, 0) is 0 Å². The fraction of sp³-hybridized carbons (Fsp3) is 0.400. The van der Waals surface area contributed by atoms with Gasteiger partial charge in [0.2, 0.25) is 0 Å². The number of allylic oxidation sites excluding steroid dienone is 1. The van der Waals surface area contributed by atoms with Crippen LogP contribution in [0, 0.1) is 5.41 Å². The molecular formula is C5H10N4S. The van der Waals surface area contributed by atoms with Crippen LogP contribution in [-0.4, -0.2) is 17.3 Å². The molecule has 5 heteroatoms. The van der Waals surface area contributed by atoms with E-state index in [1.807, 2.05) is 18.4 Å². The van der Waals surface area contributed by atoms with Crippen molar-refractivity contribution in [3.05, 3.63) is 10.6 Å². The van der Waals surface area contributed by atoms with Crippen LogP contribution in [0.3, 0.4) is 0 Å². The highest BCUT2D eigenvalue weighted by molar-refractivity contribution is 8.02. The molecule has 1 heterocycles. The summed E-state index contributed by atoms with van der Waals surface area (Å²) in [6, 6.07) is 0. The molecule has 4 N–H and O–H groups in total. The van der Waals surface area contributed by atoms with Crippen molar-refractivity contribution in [3.63, 3.8) is 0 Å². The molecule has 56 valence electrons. The van der Waals surface area contributed by atoms with Gasteiger partial charge in [0.1, 0.15) is 5.84 Å². The highest BCUT2D eigenvalue weighted by Crippen LogP contribution is 2.26. The maximum absolute atomic E-state index is 7.14. The Bertz CT molecular complexity index is 198. The van der Waals surface area contributed by atoms with E-state index in [0.29, 0.717) is 0 Å². The van der Waals surface area contributed by atoms with E-state index in [-0.39, 0.29) is 5.84 Å². The van der Waals surface area contributed by atoms with Gasteiger partial charge >= 0.3 is 0 Å². The number of hydrazine groups is 1. The average Bonchev–Trinajstić information content (AvgIpc) is 2.10. The molecule has 0 aliphatic carbocycles. The van der Waals surface area contributed by atoms with Crippen LogP contribution in [0.25, 0.3) is 0 Å². The smallest absolute Gasteiger partial charge is 0.132 e. The topological polar surface area (TPSA) is 65.1 Å². The van der Waals surface area contributed by atoms with Gasteiger partial charge in [0, 0.05) is 12.7 Å². The average molecular weight is 158 g/mol. The highest BCUT2D eigenvalue weighted by Gasteiger charge is 2.17. The Hall–Kier alpha value is -0.680. The van der Waals surface area contributed by atoms with Gasteiger partial charge in [-0.05, 0) is 18.9 Å². The van der Waals surface area contributed by atoms with Crippen molar-refractivity contribution < 1.29 is 0 Å². The standard InChI is InChI=1S/C5H10N4S/c1-3-4(5(6)7)10-9(2)8-3/h8H,1-2H3,(H3,6,7). The Labute approximate surface area is 64.1 Å². The van der Waals surface area contributed by atoms with Crippen LogP contribution in [0.1, 0.15) is 6.92 Å². The van der Waals surface area contributed by atoms with E-state index in [0.717, 1.165) is 10.6 Å². The van der Waals surface area contributed by atoms with Crippen LogP contribution < -0.4 is 11.2 Å². The molecule has 0 unspecified atom stereocenters. The molecule has 1 aliphatic rings. The van der Waals surface area contributed by atoms with E-state index in [9.17, 15) is 0 Å². The molecule has 0 radical (unpaired) electrons. The first-order valence-corrected chi connectivity index (χ1v) is 3.62. The number of hydrogen-bond donors (Lipinski definition) is 3. The summed E-state index contributed by atoms with van der Waals surface area (Å²) < 4.78 is 1.81. The predicted molar refractivity (Wildman–Crippen MR) is 43.1 cm³/mol. The fourth-order valence-corrected chi connectivity index (χ4v) is 1.50. The van der Waals surface area contributed by atoms with E-state index in [1.165, 1.54) is 11.9 Å². The Morgan fingerprint density at radius 2 is 2.40 bits per heavy atom. The first-order valence-electron chi connectivity index (χ1n) is 2.85. The van der Waals surface area contributed by atoms with Gasteiger partial charge < -0.3 is 11.2 Å². The quantitative estimate of drug-likeness (QED) is 0.291. The zero-order chi connectivity index (χ0) is 7.72. The van der Waals surface area contributed by atoms with Crippen LogP contribution in [0.2, 0.25) is 0 Å². The summed E-state index contributed by atoms with van der Waals surface area (Å²) in [5.74, 6) is 0.124. The summed E-state index contributed by atoms with van der Waals surface area (Å²) in [7, 11) is 1.88. The first kappa shape index (κ1) is 7.43. The lowest BCUT2D eigenvalue weighted by Crippen LogP contribution is -2.20. The van der Waals surface area contributed by atoms with Gasteiger partial charge in [-0.2, -0.15) is 4.41 Å². The molecule has 0 saturated carbocycles. The van der Waals surface area contributed by atoms with E-state index in [1.54, 1.807) is 0 Å². The maximum Gasteiger partial charge on any atom is 0.132 e. The van der Waals surface area contributed by atoms with Crippen LogP contribution in [0.15, 0.2) is 10.6 Å². The summed E-state index contributed by atoms with van der Waals surface area (Å²) in [5.41, 5.74) is 9.24. The number of amidine groups is 1. The minimum absolute atomic E-state index is 0.124. The molecule has 4 nitrogen and oxygen atoms in total. The molecule has 0 bridgehead atoms. The molecule has 0 aromatic heterocycles. The van der Waals surface area contributed by atoms with E-state index in [2.05, 4.69) is 5.43 Å². The third-order valence-electron chi connectivity index (χ3n) is 1.14. The number of nitrogens with zero attached hydrogens (tertiary/aromatic N) is 1. The molecule has 0 saturated heterocycles. The molecule has 0 amide bonds. The lowest BCUT2D eigenvalue weighted by atomic mass is 10.4. The third kappa shape index (κ3) is 1.25. The van der Waals surface area contributed by atoms with Gasteiger partial charge in [0.05, 0.1) is 4.91 Å². The minimum atomic E-state index is 0.124. The van der Waals surface area contributed by atoms with Gasteiger partial charge in [-0.25, -0.2) is 0 Å². The highest BCUT2D eigenvalue weighted by atomic mass is 32.2. The van der Waals surface area contributed by atoms with Gasteiger partial charge in [0.25, 0.3) is 0 Å². The Morgan fingerprint density at radius 1 is 1.80 bits per heavy atom. The summed E-state index contributed by atoms with van der Waals surface area (Å²) in [4.78, 5) is 0.808. The van der Waals surface area contributed by atoms with Crippen molar-refractivity contribution in [2.75, 3.05) is 7.05 Å². The summed E-state index contributed by atoms with van der Waals surface area (Å²) in [5, 5.41) is 7.14. The van der Waals surface area contributed by atoms with Crippen molar-refractivity contribution in [1.29, 1.82) is 5.41 Å². The van der Waals surface area contributed by atoms with Gasteiger partial charge in [0.15, 0.2) is 0 Å². The van der Waals surface area contributed by atoms with Gasteiger partial charge in [-0.3, -0.25) is 5.41 Å². The largest absolute Gasteiger partial charge is 0.383 e. The second-order valence-corrected chi connectivity index (χ2v) is 3.21. The molecule has 1 rings (SSSR count). The lowest BCUT2D eigenvalue weighted by molar-refractivity contribution is 0.484. The van der Waals surface area contributed by atoms with Crippen LogP contribution in [0.5, 0.6) is 0 Å². The van der Waals surface area contributed by atoms with Crippen molar-refractivity contribution in [1.82, 2.24) is 9.84 Å². The first-order chi connectivity index (χ1) is 4.61. The van der Waals surface area contributed by atoms with Crippen molar-refractivity contribution >= 4 is 17.8 Å². The molecule has 0 atom stereocenters. The van der Waals surface area contributed by atoms with Crippen LogP contribution >= 0.6 is 11.9 Å². The third-order valence-corrected chi connectivity index (χ3v) is 2.21. The van der Waals surface area contributed by atoms with Crippen molar-refractivity contribution in [2.45, 2.75) is 6.92 Å². The second kappa shape index (κ2) is 2.51.